The first-order valence-electron chi connectivity index (χ1n) is 4.53. The number of aromatic amines is 1. The normalized spacial score (nSPS) is 11.9. The Kier molecular flexibility index (Phi) is 2.25. The molecular formula is C11H10N2O2. The molecule has 0 spiro atoms. The summed E-state index contributed by atoms with van der Waals surface area (Å²) in [5.74, 6) is -0.959. The van der Waals surface area contributed by atoms with Crippen LogP contribution in [0.15, 0.2) is 30.3 Å². The van der Waals surface area contributed by atoms with Gasteiger partial charge in [-0.25, -0.2) is 4.79 Å². The summed E-state index contributed by atoms with van der Waals surface area (Å²) in [6.45, 7) is 1.73. The second-order valence-corrected chi connectivity index (χ2v) is 3.28. The number of H-pyrrole nitrogens is 1. The molecule has 4 nitrogen and oxygen atoms in total. The molecule has 0 amide bonds. The standard InChI is InChI=1S/C11H10N2O2/c1-7(6-10(14)15)11-8-4-2-3-5-9(8)12-13-11/h2-6H,1H3,(H,12,13)(H,14,15)/b7-6+. The van der Waals surface area contributed by atoms with Gasteiger partial charge in [0.25, 0.3) is 0 Å². The number of nitrogens with one attached hydrogen (secondary N) is 1. The third kappa shape index (κ3) is 1.74. The Morgan fingerprint density at radius 2 is 2.20 bits per heavy atom. The maximum atomic E-state index is 10.5. The summed E-state index contributed by atoms with van der Waals surface area (Å²) in [7, 11) is 0. The van der Waals surface area contributed by atoms with Crippen LogP contribution in [0.1, 0.15) is 12.6 Å². The number of hydrogen-bond donors (Lipinski definition) is 2. The van der Waals surface area contributed by atoms with Crippen molar-refractivity contribution >= 4 is 22.4 Å². The summed E-state index contributed by atoms with van der Waals surface area (Å²) in [5, 5.41) is 16.5. The molecule has 0 saturated carbocycles. The fourth-order valence-corrected chi connectivity index (χ4v) is 1.52. The van der Waals surface area contributed by atoms with E-state index in [1.165, 1.54) is 0 Å². The molecule has 0 atom stereocenters. The summed E-state index contributed by atoms with van der Waals surface area (Å²) in [6.07, 6.45) is 1.16. The Balaban J connectivity index is 2.57. The smallest absolute Gasteiger partial charge is 0.328 e. The van der Waals surface area contributed by atoms with E-state index < -0.39 is 5.97 Å². The second-order valence-electron chi connectivity index (χ2n) is 3.28. The molecule has 1 aromatic carbocycles. The molecule has 76 valence electrons. The summed E-state index contributed by atoms with van der Waals surface area (Å²) in [4.78, 5) is 10.5. The lowest BCUT2D eigenvalue weighted by Gasteiger charge is -1.94. The SMILES string of the molecule is C/C(=C\C(=O)O)c1n[nH]c2ccccc12. The minimum atomic E-state index is -0.959. The number of carboxylic acid groups (broad SMARTS) is 1. The highest BCUT2D eigenvalue weighted by Gasteiger charge is 2.07. The van der Waals surface area contributed by atoms with Gasteiger partial charge in [-0.15, -0.1) is 0 Å². The van der Waals surface area contributed by atoms with Crippen LogP contribution in [0.3, 0.4) is 0 Å². The number of aliphatic carboxylic acids is 1. The molecule has 0 aliphatic rings. The summed E-state index contributed by atoms with van der Waals surface area (Å²) >= 11 is 0. The maximum Gasteiger partial charge on any atom is 0.328 e. The van der Waals surface area contributed by atoms with Crippen LogP contribution in [0.5, 0.6) is 0 Å². The number of rotatable bonds is 2. The largest absolute Gasteiger partial charge is 0.478 e. The molecule has 0 aliphatic carbocycles. The van der Waals surface area contributed by atoms with Gasteiger partial charge in [-0.3, -0.25) is 5.10 Å². The quantitative estimate of drug-likeness (QED) is 0.732. The van der Waals surface area contributed by atoms with Crippen LogP contribution in [-0.2, 0) is 4.79 Å². The molecule has 0 bridgehead atoms. The molecule has 4 heteroatoms. The molecule has 0 aliphatic heterocycles. The van der Waals surface area contributed by atoms with Crippen LogP contribution in [-0.4, -0.2) is 21.3 Å². The minimum Gasteiger partial charge on any atom is -0.478 e. The number of aromatic nitrogens is 2. The molecule has 15 heavy (non-hydrogen) atoms. The van der Waals surface area contributed by atoms with Crippen molar-refractivity contribution in [3.63, 3.8) is 0 Å². The van der Waals surface area contributed by atoms with Gasteiger partial charge >= 0.3 is 5.97 Å². The first kappa shape index (κ1) is 9.45. The van der Waals surface area contributed by atoms with E-state index in [0.717, 1.165) is 17.0 Å². The molecule has 0 fully saturated rings. The van der Waals surface area contributed by atoms with E-state index in [9.17, 15) is 4.79 Å². The summed E-state index contributed by atoms with van der Waals surface area (Å²) < 4.78 is 0. The van der Waals surface area contributed by atoms with Gasteiger partial charge in [-0.2, -0.15) is 5.10 Å². The molecule has 0 saturated heterocycles. The van der Waals surface area contributed by atoms with Crippen LogP contribution in [0, 0.1) is 0 Å². The molecule has 1 heterocycles. The number of fused-ring (bicyclic) bond motifs is 1. The second kappa shape index (κ2) is 3.57. The number of nitrogens with zero attached hydrogens (tertiary/aromatic N) is 1. The number of allylic oxidation sites excluding steroid dienone is 1. The molecule has 2 N–H and O–H groups in total. The molecule has 1 aromatic heterocycles. The Labute approximate surface area is 86.2 Å². The Hall–Kier alpha value is -2.10. The van der Waals surface area contributed by atoms with Crippen molar-refractivity contribution < 1.29 is 9.90 Å². The van der Waals surface area contributed by atoms with Crippen LogP contribution in [0.25, 0.3) is 16.5 Å². The molecule has 2 rings (SSSR count). The van der Waals surface area contributed by atoms with Crippen molar-refractivity contribution in [1.82, 2.24) is 10.2 Å². The maximum absolute atomic E-state index is 10.5. The third-order valence-electron chi connectivity index (χ3n) is 2.18. The van der Waals surface area contributed by atoms with Crippen molar-refractivity contribution in [2.45, 2.75) is 6.92 Å². The van der Waals surface area contributed by atoms with E-state index >= 15 is 0 Å². The minimum absolute atomic E-state index is 0.639. The molecule has 0 unspecified atom stereocenters. The van der Waals surface area contributed by atoms with Gasteiger partial charge in [0.2, 0.25) is 0 Å². The fourth-order valence-electron chi connectivity index (χ4n) is 1.52. The van der Waals surface area contributed by atoms with Gasteiger partial charge in [-0.05, 0) is 18.6 Å². The number of benzene rings is 1. The topological polar surface area (TPSA) is 66.0 Å². The average Bonchev–Trinajstić information content (AvgIpc) is 2.59. The van der Waals surface area contributed by atoms with Gasteiger partial charge in [0.05, 0.1) is 11.2 Å². The van der Waals surface area contributed by atoms with E-state index in [1.807, 2.05) is 24.3 Å². The highest BCUT2D eigenvalue weighted by molar-refractivity contribution is 5.95. The van der Waals surface area contributed by atoms with Gasteiger partial charge < -0.3 is 5.11 Å². The van der Waals surface area contributed by atoms with Gasteiger partial charge in [0, 0.05) is 11.5 Å². The number of carbonyl (C=O) groups is 1. The Bertz CT molecular complexity index is 540. The first-order valence-corrected chi connectivity index (χ1v) is 4.53. The number of carboxylic acids is 1. The van der Waals surface area contributed by atoms with Gasteiger partial charge in [0.1, 0.15) is 0 Å². The number of para-hydroxylation sites is 1. The van der Waals surface area contributed by atoms with E-state index in [-0.39, 0.29) is 0 Å². The third-order valence-corrected chi connectivity index (χ3v) is 2.18. The van der Waals surface area contributed by atoms with Crippen LogP contribution >= 0.6 is 0 Å². The Morgan fingerprint density at radius 1 is 1.47 bits per heavy atom. The summed E-state index contributed by atoms with van der Waals surface area (Å²) in [5.41, 5.74) is 2.23. The van der Waals surface area contributed by atoms with Crippen molar-refractivity contribution in [2.24, 2.45) is 0 Å². The molecule has 0 radical (unpaired) electrons. The zero-order chi connectivity index (χ0) is 10.8. The van der Waals surface area contributed by atoms with Crippen LogP contribution in [0.4, 0.5) is 0 Å². The average molecular weight is 202 g/mol. The van der Waals surface area contributed by atoms with Crippen molar-refractivity contribution in [3.05, 3.63) is 36.0 Å². The number of hydrogen-bond acceptors (Lipinski definition) is 2. The van der Waals surface area contributed by atoms with Crippen molar-refractivity contribution in [1.29, 1.82) is 0 Å². The first-order chi connectivity index (χ1) is 7.18. The van der Waals surface area contributed by atoms with Crippen molar-refractivity contribution in [3.8, 4) is 0 Å². The van der Waals surface area contributed by atoms with E-state index in [2.05, 4.69) is 10.2 Å². The van der Waals surface area contributed by atoms with Gasteiger partial charge in [-0.1, -0.05) is 18.2 Å². The van der Waals surface area contributed by atoms with E-state index in [1.54, 1.807) is 6.92 Å². The van der Waals surface area contributed by atoms with E-state index in [4.69, 9.17) is 5.11 Å². The summed E-state index contributed by atoms with van der Waals surface area (Å²) in [6, 6.07) is 7.61. The predicted molar refractivity (Wildman–Crippen MR) is 57.4 cm³/mol. The zero-order valence-electron chi connectivity index (χ0n) is 8.19. The van der Waals surface area contributed by atoms with Crippen LogP contribution in [0.2, 0.25) is 0 Å². The van der Waals surface area contributed by atoms with E-state index in [0.29, 0.717) is 11.3 Å². The lowest BCUT2D eigenvalue weighted by atomic mass is 10.1. The zero-order valence-corrected chi connectivity index (χ0v) is 8.19. The highest BCUT2D eigenvalue weighted by Crippen LogP contribution is 2.21. The lowest BCUT2D eigenvalue weighted by Crippen LogP contribution is -1.90. The Morgan fingerprint density at radius 3 is 2.93 bits per heavy atom. The van der Waals surface area contributed by atoms with Crippen molar-refractivity contribution in [2.75, 3.05) is 0 Å². The van der Waals surface area contributed by atoms with Gasteiger partial charge in [0.15, 0.2) is 0 Å². The molecule has 2 aromatic rings. The predicted octanol–water partition coefficient (Wildman–Crippen LogP) is 2.05. The monoisotopic (exact) mass is 202 g/mol. The van der Waals surface area contributed by atoms with Crippen LogP contribution < -0.4 is 0 Å². The fraction of sp³-hybridized carbons (Fsp3) is 0.0909. The lowest BCUT2D eigenvalue weighted by molar-refractivity contribution is -0.131. The highest BCUT2D eigenvalue weighted by atomic mass is 16.4. The molecular weight excluding hydrogens is 192 g/mol.